The van der Waals surface area contributed by atoms with Gasteiger partial charge in [0.25, 0.3) is 5.56 Å². The molecule has 0 aliphatic heterocycles. The second-order valence-corrected chi connectivity index (χ2v) is 9.38. The van der Waals surface area contributed by atoms with E-state index in [2.05, 4.69) is 15.2 Å². The molecule has 0 saturated heterocycles. The number of imidazole rings is 1. The summed E-state index contributed by atoms with van der Waals surface area (Å²) >= 11 is 1.57. The molecule has 174 valence electrons. The molecular formula is C26H22N6O2S. The Bertz CT molecular complexity index is 1780. The number of nitrogens with zero attached hydrogens (tertiary/aromatic N) is 5. The van der Waals surface area contributed by atoms with E-state index < -0.39 is 0 Å². The summed E-state index contributed by atoms with van der Waals surface area (Å²) in [5, 5.41) is 10.2. The lowest BCUT2D eigenvalue weighted by Gasteiger charge is -2.11. The Morgan fingerprint density at radius 2 is 1.54 bits per heavy atom. The second-order valence-electron chi connectivity index (χ2n) is 8.31. The Morgan fingerprint density at radius 3 is 2.40 bits per heavy atom. The third kappa shape index (κ3) is 3.83. The van der Waals surface area contributed by atoms with Crippen molar-refractivity contribution in [2.75, 3.05) is 5.75 Å². The Balaban J connectivity index is 1.31. The molecule has 6 rings (SSSR count). The number of benzene rings is 3. The first-order valence-corrected chi connectivity index (χ1v) is 12.4. The quantitative estimate of drug-likeness (QED) is 0.275. The first kappa shape index (κ1) is 21.4. The number of thioether (sulfide) groups is 1. The largest absolute Gasteiger partial charge is 0.326 e. The average Bonchev–Trinajstić information content (AvgIpc) is 3.45. The minimum Gasteiger partial charge on any atom is -0.306 e. The Kier molecular flexibility index (Phi) is 5.46. The minimum atomic E-state index is -0.0972. The summed E-state index contributed by atoms with van der Waals surface area (Å²) < 4.78 is 5.41. The molecule has 3 aromatic carbocycles. The number of aromatic nitrogens is 6. The van der Waals surface area contributed by atoms with Crippen LogP contribution in [-0.2, 0) is 13.1 Å². The van der Waals surface area contributed by atoms with Crippen molar-refractivity contribution in [3.63, 3.8) is 0 Å². The van der Waals surface area contributed by atoms with Crippen LogP contribution in [0.4, 0.5) is 0 Å². The maximum Gasteiger partial charge on any atom is 0.326 e. The first-order chi connectivity index (χ1) is 17.2. The number of hydrogen-bond donors (Lipinski definition) is 1. The maximum absolute atomic E-state index is 13.3. The fraction of sp³-hybridized carbons (Fsp3) is 0.154. The van der Waals surface area contributed by atoms with Crippen molar-refractivity contribution in [2.24, 2.45) is 0 Å². The summed E-state index contributed by atoms with van der Waals surface area (Å²) in [5.74, 6) is 1.27. The zero-order chi connectivity index (χ0) is 23.8. The van der Waals surface area contributed by atoms with Gasteiger partial charge in [-0.3, -0.25) is 18.3 Å². The lowest BCUT2D eigenvalue weighted by Crippen LogP contribution is -2.24. The third-order valence-corrected chi connectivity index (χ3v) is 7.12. The predicted molar refractivity (Wildman–Crippen MR) is 138 cm³/mol. The van der Waals surface area contributed by atoms with E-state index in [-0.39, 0.29) is 11.2 Å². The lowest BCUT2D eigenvalue weighted by atomic mass is 10.2. The molecule has 3 aromatic heterocycles. The number of aryl methyl sites for hydroxylation is 1. The molecule has 3 heterocycles. The number of para-hydroxylation sites is 3. The van der Waals surface area contributed by atoms with Crippen LogP contribution >= 0.6 is 11.8 Å². The van der Waals surface area contributed by atoms with Crippen LogP contribution in [-0.4, -0.2) is 34.5 Å². The van der Waals surface area contributed by atoms with Crippen LogP contribution in [0.5, 0.6) is 0 Å². The molecule has 9 heteroatoms. The number of aromatic amines is 1. The second kappa shape index (κ2) is 8.92. The number of rotatable bonds is 7. The van der Waals surface area contributed by atoms with Gasteiger partial charge in [-0.1, -0.05) is 66.4 Å². The molecule has 35 heavy (non-hydrogen) atoms. The number of H-pyrrole nitrogens is 1. The van der Waals surface area contributed by atoms with Crippen molar-refractivity contribution < 1.29 is 0 Å². The van der Waals surface area contributed by atoms with Crippen LogP contribution in [0.15, 0.2) is 93.6 Å². The summed E-state index contributed by atoms with van der Waals surface area (Å²) in [5.41, 5.74) is 3.38. The van der Waals surface area contributed by atoms with Gasteiger partial charge in [-0.05, 0) is 36.2 Å². The monoisotopic (exact) mass is 482 g/mol. The van der Waals surface area contributed by atoms with Gasteiger partial charge in [0.15, 0.2) is 5.16 Å². The molecule has 0 saturated carbocycles. The highest BCUT2D eigenvalue weighted by atomic mass is 32.2. The predicted octanol–water partition coefficient (Wildman–Crippen LogP) is 3.92. The molecule has 6 aromatic rings. The van der Waals surface area contributed by atoms with Gasteiger partial charge in [-0.25, -0.2) is 4.79 Å². The van der Waals surface area contributed by atoms with Crippen molar-refractivity contribution in [3.05, 3.63) is 105 Å². The summed E-state index contributed by atoms with van der Waals surface area (Å²) in [7, 11) is 0. The molecule has 0 aliphatic rings. The standard InChI is InChI=1S/C26H22N6O2S/c33-23-19-11-4-6-13-21(19)32-24(31(23)17-18-9-2-1-3-10-18)28-29-26(32)35-16-8-15-30-22-14-7-5-12-20(22)27-25(30)34/h1-7,9-14H,8,15-17H2,(H,27,34). The normalized spacial score (nSPS) is 11.7. The van der Waals surface area contributed by atoms with Gasteiger partial charge in [-0.15, -0.1) is 10.2 Å². The van der Waals surface area contributed by atoms with Crippen LogP contribution in [0.25, 0.3) is 27.7 Å². The zero-order valence-corrected chi connectivity index (χ0v) is 19.6. The first-order valence-electron chi connectivity index (χ1n) is 11.4. The molecule has 0 bridgehead atoms. The van der Waals surface area contributed by atoms with Gasteiger partial charge in [0.2, 0.25) is 5.78 Å². The highest BCUT2D eigenvalue weighted by Gasteiger charge is 2.17. The molecule has 0 fully saturated rings. The van der Waals surface area contributed by atoms with Gasteiger partial charge < -0.3 is 4.98 Å². The van der Waals surface area contributed by atoms with Gasteiger partial charge in [0, 0.05) is 12.3 Å². The zero-order valence-electron chi connectivity index (χ0n) is 18.8. The van der Waals surface area contributed by atoms with Crippen LogP contribution in [0.2, 0.25) is 0 Å². The average molecular weight is 483 g/mol. The van der Waals surface area contributed by atoms with E-state index in [0.29, 0.717) is 24.3 Å². The van der Waals surface area contributed by atoms with Crippen LogP contribution in [0, 0.1) is 0 Å². The van der Waals surface area contributed by atoms with Crippen molar-refractivity contribution >= 4 is 39.5 Å². The fourth-order valence-corrected chi connectivity index (χ4v) is 5.31. The van der Waals surface area contributed by atoms with E-state index in [1.807, 2.05) is 83.3 Å². The van der Waals surface area contributed by atoms with E-state index in [0.717, 1.165) is 39.4 Å². The molecular weight excluding hydrogens is 460 g/mol. The van der Waals surface area contributed by atoms with Crippen LogP contribution in [0.1, 0.15) is 12.0 Å². The van der Waals surface area contributed by atoms with E-state index in [1.54, 1.807) is 20.9 Å². The lowest BCUT2D eigenvalue weighted by molar-refractivity contribution is 0.679. The van der Waals surface area contributed by atoms with Gasteiger partial charge in [-0.2, -0.15) is 0 Å². The van der Waals surface area contributed by atoms with Crippen molar-refractivity contribution in [1.82, 2.24) is 28.7 Å². The number of fused-ring (bicyclic) bond motifs is 4. The number of hydrogen-bond acceptors (Lipinski definition) is 5. The molecule has 0 atom stereocenters. The van der Waals surface area contributed by atoms with Crippen LogP contribution in [0.3, 0.4) is 0 Å². The highest BCUT2D eigenvalue weighted by molar-refractivity contribution is 7.99. The third-order valence-electron chi connectivity index (χ3n) is 6.10. The van der Waals surface area contributed by atoms with Gasteiger partial charge in [0.05, 0.1) is 28.5 Å². The Morgan fingerprint density at radius 1 is 0.800 bits per heavy atom. The van der Waals surface area contributed by atoms with Crippen molar-refractivity contribution in [2.45, 2.75) is 24.7 Å². The molecule has 1 N–H and O–H groups in total. The highest BCUT2D eigenvalue weighted by Crippen LogP contribution is 2.23. The summed E-state index contributed by atoms with van der Waals surface area (Å²) in [6, 6.07) is 25.1. The maximum atomic E-state index is 13.3. The van der Waals surface area contributed by atoms with Gasteiger partial charge >= 0.3 is 5.69 Å². The molecule has 0 unspecified atom stereocenters. The fourth-order valence-electron chi connectivity index (χ4n) is 4.45. The summed E-state index contributed by atoms with van der Waals surface area (Å²) in [6.07, 6.45) is 0.781. The Labute approximate surface area is 203 Å². The van der Waals surface area contributed by atoms with Crippen molar-refractivity contribution in [1.29, 1.82) is 0 Å². The summed E-state index contributed by atoms with van der Waals surface area (Å²) in [4.78, 5) is 28.6. The van der Waals surface area contributed by atoms with E-state index in [9.17, 15) is 9.59 Å². The Hall–Kier alpha value is -4.11. The molecule has 8 nitrogen and oxygen atoms in total. The van der Waals surface area contributed by atoms with Gasteiger partial charge in [0.1, 0.15) is 0 Å². The molecule has 0 spiro atoms. The smallest absolute Gasteiger partial charge is 0.306 e. The number of nitrogens with one attached hydrogen (secondary N) is 1. The summed E-state index contributed by atoms with van der Waals surface area (Å²) in [6.45, 7) is 1.02. The van der Waals surface area contributed by atoms with Crippen molar-refractivity contribution in [3.8, 4) is 0 Å². The topological polar surface area (TPSA) is 90.0 Å². The SMILES string of the molecule is O=c1[nH]c2ccccc2n1CCCSc1nnc2n(Cc3ccccc3)c(=O)c3ccccc3n12. The van der Waals surface area contributed by atoms with E-state index >= 15 is 0 Å². The molecule has 0 aliphatic carbocycles. The van der Waals surface area contributed by atoms with E-state index in [1.165, 1.54) is 0 Å². The molecule has 0 radical (unpaired) electrons. The van der Waals surface area contributed by atoms with E-state index in [4.69, 9.17) is 0 Å². The minimum absolute atomic E-state index is 0.0837. The van der Waals surface area contributed by atoms with Crippen LogP contribution < -0.4 is 11.2 Å². The molecule has 0 amide bonds.